The second kappa shape index (κ2) is 5.37. The van der Waals surface area contributed by atoms with E-state index in [4.69, 9.17) is 0 Å². The van der Waals surface area contributed by atoms with Gasteiger partial charge in [0.15, 0.2) is 0 Å². The summed E-state index contributed by atoms with van der Waals surface area (Å²) >= 11 is 0. The lowest BCUT2D eigenvalue weighted by atomic mass is 10.1. The van der Waals surface area contributed by atoms with Crippen molar-refractivity contribution >= 4 is 11.5 Å². The van der Waals surface area contributed by atoms with E-state index < -0.39 is 0 Å². The van der Waals surface area contributed by atoms with Crippen LogP contribution in [0.2, 0.25) is 0 Å². The van der Waals surface area contributed by atoms with Gasteiger partial charge in [0.2, 0.25) is 0 Å². The number of amides is 1. The van der Waals surface area contributed by atoms with Gasteiger partial charge in [0.05, 0.1) is 0 Å². The Bertz CT molecular complexity index is 640. The van der Waals surface area contributed by atoms with Gasteiger partial charge in [0.25, 0.3) is 5.91 Å². The van der Waals surface area contributed by atoms with Crippen molar-refractivity contribution in [1.82, 2.24) is 9.47 Å². The van der Waals surface area contributed by atoms with Gasteiger partial charge < -0.3 is 9.47 Å². The van der Waals surface area contributed by atoms with E-state index in [0.717, 1.165) is 12.2 Å². The average molecular weight is 266 g/mol. The van der Waals surface area contributed by atoms with Crippen molar-refractivity contribution in [1.29, 1.82) is 0 Å². The summed E-state index contributed by atoms with van der Waals surface area (Å²) in [5.74, 6) is 0.110. The highest BCUT2D eigenvalue weighted by atomic mass is 16.2. The maximum atomic E-state index is 12.5. The molecule has 2 aromatic rings. The summed E-state index contributed by atoms with van der Waals surface area (Å²) in [7, 11) is 0. The topological polar surface area (TPSA) is 25.2 Å². The first-order valence-corrected chi connectivity index (χ1v) is 6.98. The molecule has 3 heteroatoms. The minimum absolute atomic E-state index is 0.110. The number of rotatable bonds is 3. The SMILES string of the molecule is CCn1cccc1C(=O)N1CC=C(c2ccccc2)C1. The Labute approximate surface area is 119 Å². The molecule has 0 atom stereocenters. The Morgan fingerprint density at radius 1 is 1.15 bits per heavy atom. The summed E-state index contributed by atoms with van der Waals surface area (Å²) < 4.78 is 1.99. The monoisotopic (exact) mass is 266 g/mol. The third kappa shape index (κ3) is 2.27. The quantitative estimate of drug-likeness (QED) is 0.838. The Balaban J connectivity index is 1.75. The maximum absolute atomic E-state index is 12.5. The average Bonchev–Trinajstić information content (AvgIpc) is 3.16. The van der Waals surface area contributed by atoms with Crippen molar-refractivity contribution in [2.24, 2.45) is 0 Å². The van der Waals surface area contributed by atoms with Crippen LogP contribution < -0.4 is 0 Å². The van der Waals surface area contributed by atoms with Crippen molar-refractivity contribution in [2.45, 2.75) is 13.5 Å². The van der Waals surface area contributed by atoms with Crippen LogP contribution in [-0.4, -0.2) is 28.5 Å². The fourth-order valence-corrected chi connectivity index (χ4v) is 2.62. The number of aromatic nitrogens is 1. The number of hydrogen-bond donors (Lipinski definition) is 0. The van der Waals surface area contributed by atoms with E-state index >= 15 is 0 Å². The number of carbonyl (C=O) groups excluding carboxylic acids is 1. The molecule has 2 heterocycles. The predicted molar refractivity (Wildman–Crippen MR) is 80.4 cm³/mol. The van der Waals surface area contributed by atoms with Crippen LogP contribution in [-0.2, 0) is 6.54 Å². The molecule has 1 amide bonds. The summed E-state index contributed by atoms with van der Waals surface area (Å²) in [4.78, 5) is 14.4. The van der Waals surface area contributed by atoms with Gasteiger partial charge in [0, 0.05) is 25.8 Å². The van der Waals surface area contributed by atoms with E-state index in [9.17, 15) is 4.79 Å². The van der Waals surface area contributed by atoms with Crippen LogP contribution in [0, 0.1) is 0 Å². The number of aryl methyl sites for hydroxylation is 1. The van der Waals surface area contributed by atoms with E-state index in [0.29, 0.717) is 13.1 Å². The van der Waals surface area contributed by atoms with Gasteiger partial charge in [-0.05, 0) is 30.2 Å². The lowest BCUT2D eigenvalue weighted by molar-refractivity contribution is 0.0791. The van der Waals surface area contributed by atoms with Crippen LogP contribution in [0.3, 0.4) is 0 Å². The maximum Gasteiger partial charge on any atom is 0.271 e. The first kappa shape index (κ1) is 12.7. The van der Waals surface area contributed by atoms with Crippen molar-refractivity contribution in [3.05, 3.63) is 66.0 Å². The third-order valence-electron chi connectivity index (χ3n) is 3.74. The van der Waals surface area contributed by atoms with Crippen LogP contribution in [0.1, 0.15) is 23.0 Å². The molecule has 1 aliphatic heterocycles. The Morgan fingerprint density at radius 2 is 1.95 bits per heavy atom. The normalized spacial score (nSPS) is 14.4. The molecule has 0 radical (unpaired) electrons. The molecule has 0 saturated carbocycles. The first-order chi connectivity index (χ1) is 9.79. The molecule has 1 aromatic carbocycles. The van der Waals surface area contributed by atoms with Crippen LogP contribution in [0.5, 0.6) is 0 Å². The zero-order chi connectivity index (χ0) is 13.9. The van der Waals surface area contributed by atoms with E-state index in [2.05, 4.69) is 25.1 Å². The van der Waals surface area contributed by atoms with E-state index in [1.165, 1.54) is 11.1 Å². The van der Waals surface area contributed by atoms with Gasteiger partial charge in [-0.25, -0.2) is 0 Å². The minimum atomic E-state index is 0.110. The highest BCUT2D eigenvalue weighted by molar-refractivity contribution is 5.94. The summed E-state index contributed by atoms with van der Waals surface area (Å²) in [6.07, 6.45) is 4.10. The number of benzene rings is 1. The second-order valence-electron chi connectivity index (χ2n) is 4.96. The molecule has 20 heavy (non-hydrogen) atoms. The van der Waals surface area contributed by atoms with Crippen molar-refractivity contribution in [3.8, 4) is 0 Å². The lowest BCUT2D eigenvalue weighted by Crippen LogP contribution is -2.30. The summed E-state index contributed by atoms with van der Waals surface area (Å²) in [6, 6.07) is 14.1. The standard InChI is InChI=1S/C17H18N2O/c1-2-18-11-6-9-16(18)17(20)19-12-10-15(13-19)14-7-4-3-5-8-14/h3-11H,2,12-13H2,1H3. The largest absolute Gasteiger partial charge is 0.344 e. The van der Waals surface area contributed by atoms with E-state index in [1.54, 1.807) is 0 Å². The lowest BCUT2D eigenvalue weighted by Gasteiger charge is -2.17. The molecule has 0 unspecified atom stereocenters. The van der Waals surface area contributed by atoms with Crippen LogP contribution in [0.4, 0.5) is 0 Å². The van der Waals surface area contributed by atoms with Gasteiger partial charge in [-0.15, -0.1) is 0 Å². The number of nitrogens with zero attached hydrogens (tertiary/aromatic N) is 2. The zero-order valence-corrected chi connectivity index (χ0v) is 11.6. The molecule has 0 spiro atoms. The Morgan fingerprint density at radius 3 is 2.70 bits per heavy atom. The van der Waals surface area contributed by atoms with Gasteiger partial charge in [0.1, 0.15) is 5.69 Å². The summed E-state index contributed by atoms with van der Waals surface area (Å²) in [5.41, 5.74) is 3.21. The zero-order valence-electron chi connectivity index (χ0n) is 11.6. The Hall–Kier alpha value is -2.29. The fraction of sp³-hybridized carbons (Fsp3) is 0.235. The molecule has 1 aromatic heterocycles. The van der Waals surface area contributed by atoms with E-state index in [-0.39, 0.29) is 5.91 Å². The molecular weight excluding hydrogens is 248 g/mol. The Kier molecular flexibility index (Phi) is 3.42. The fourth-order valence-electron chi connectivity index (χ4n) is 2.62. The molecule has 0 saturated heterocycles. The van der Waals surface area contributed by atoms with Gasteiger partial charge in [-0.3, -0.25) is 4.79 Å². The van der Waals surface area contributed by atoms with Gasteiger partial charge in [-0.1, -0.05) is 36.4 Å². The summed E-state index contributed by atoms with van der Waals surface area (Å²) in [5, 5.41) is 0. The molecule has 0 fully saturated rings. The highest BCUT2D eigenvalue weighted by Crippen LogP contribution is 2.22. The van der Waals surface area contributed by atoms with E-state index in [1.807, 2.05) is 46.0 Å². The first-order valence-electron chi connectivity index (χ1n) is 6.98. The van der Waals surface area contributed by atoms with Gasteiger partial charge in [-0.2, -0.15) is 0 Å². The molecule has 0 N–H and O–H groups in total. The van der Waals surface area contributed by atoms with Crippen LogP contribution in [0.15, 0.2) is 54.7 Å². The molecule has 3 nitrogen and oxygen atoms in total. The molecule has 1 aliphatic rings. The van der Waals surface area contributed by atoms with Crippen molar-refractivity contribution in [2.75, 3.05) is 13.1 Å². The predicted octanol–water partition coefficient (Wildman–Crippen LogP) is 3.05. The molecule has 0 bridgehead atoms. The number of hydrogen-bond acceptors (Lipinski definition) is 1. The van der Waals surface area contributed by atoms with Crippen molar-refractivity contribution < 1.29 is 4.79 Å². The minimum Gasteiger partial charge on any atom is -0.344 e. The highest BCUT2D eigenvalue weighted by Gasteiger charge is 2.23. The van der Waals surface area contributed by atoms with Crippen LogP contribution >= 0.6 is 0 Å². The molecular formula is C17H18N2O. The molecule has 0 aliphatic carbocycles. The molecule has 102 valence electrons. The smallest absolute Gasteiger partial charge is 0.271 e. The van der Waals surface area contributed by atoms with Crippen LogP contribution in [0.25, 0.3) is 5.57 Å². The second-order valence-corrected chi connectivity index (χ2v) is 4.96. The van der Waals surface area contributed by atoms with Crippen molar-refractivity contribution in [3.63, 3.8) is 0 Å². The molecule has 3 rings (SSSR count). The summed E-state index contributed by atoms with van der Waals surface area (Å²) in [6.45, 7) is 4.25. The van der Waals surface area contributed by atoms with Gasteiger partial charge >= 0.3 is 0 Å². The number of carbonyl (C=O) groups is 1. The third-order valence-corrected chi connectivity index (χ3v) is 3.74.